The Morgan fingerprint density at radius 2 is 1.41 bits per heavy atom. The van der Waals surface area contributed by atoms with E-state index in [1.165, 1.54) is 36.0 Å². The first-order valence-electron chi connectivity index (χ1n) is 12.1. The molecule has 2 aromatic rings. The molecule has 0 spiro atoms. The summed E-state index contributed by atoms with van der Waals surface area (Å²) in [6, 6.07) is 17.3. The van der Waals surface area contributed by atoms with E-state index in [9.17, 15) is 5.11 Å². The zero-order chi connectivity index (χ0) is 23.8. The Hall–Kier alpha value is -1.84. The maximum Gasteiger partial charge on any atom is 0.250 e. The molecule has 0 amide bonds. The fourth-order valence-corrected chi connectivity index (χ4v) is 4.44. The summed E-state index contributed by atoms with van der Waals surface area (Å²) in [5.74, 6) is 0.970. The van der Waals surface area contributed by atoms with E-state index in [2.05, 4.69) is 94.5 Å². The number of benzene rings is 2. The van der Waals surface area contributed by atoms with Crippen LogP contribution in [0.15, 0.2) is 48.5 Å². The molecule has 0 aromatic heterocycles. The van der Waals surface area contributed by atoms with Crippen molar-refractivity contribution >= 4 is 20.5 Å². The fourth-order valence-electron chi connectivity index (χ4n) is 3.41. The number of hydrogen-bond acceptors (Lipinski definition) is 2. The van der Waals surface area contributed by atoms with Crippen molar-refractivity contribution in [3.05, 3.63) is 65.2 Å². The third-order valence-corrected chi connectivity index (χ3v) is 10.8. The average molecular weight is 453 g/mol. The lowest BCUT2D eigenvalue weighted by Crippen LogP contribution is -2.43. The molecule has 0 saturated carbocycles. The van der Waals surface area contributed by atoms with E-state index in [1.807, 2.05) is 13.8 Å². The second-order valence-corrected chi connectivity index (χ2v) is 16.0. The van der Waals surface area contributed by atoms with Gasteiger partial charge in [0.05, 0.1) is 5.60 Å². The van der Waals surface area contributed by atoms with Gasteiger partial charge in [0.25, 0.3) is 0 Å². The Balaban J connectivity index is 1.91. The second kappa shape index (κ2) is 11.3. The van der Waals surface area contributed by atoms with E-state index in [1.54, 1.807) is 0 Å². The summed E-state index contributed by atoms with van der Waals surface area (Å²) in [6.07, 6.45) is 11.1. The number of aliphatic hydroxyl groups is 1. The van der Waals surface area contributed by atoms with Crippen LogP contribution in [0, 0.1) is 0 Å². The van der Waals surface area contributed by atoms with Crippen molar-refractivity contribution in [3.8, 4) is 5.75 Å². The molecule has 0 atom stereocenters. The molecule has 1 N–H and O–H groups in total. The van der Waals surface area contributed by atoms with Crippen LogP contribution in [0.1, 0.15) is 83.4 Å². The average Bonchev–Trinajstić information content (AvgIpc) is 2.68. The van der Waals surface area contributed by atoms with Crippen LogP contribution in [0.3, 0.4) is 0 Å². The van der Waals surface area contributed by atoms with Gasteiger partial charge in [0, 0.05) is 0 Å². The van der Waals surface area contributed by atoms with Gasteiger partial charge in [0.15, 0.2) is 0 Å². The lowest BCUT2D eigenvalue weighted by Gasteiger charge is -2.36. The van der Waals surface area contributed by atoms with Gasteiger partial charge in [-0.1, -0.05) is 88.6 Å². The molecule has 0 radical (unpaired) electrons. The highest BCUT2D eigenvalue weighted by Gasteiger charge is 2.38. The molecule has 3 heteroatoms. The largest absolute Gasteiger partial charge is 0.543 e. The lowest BCUT2D eigenvalue weighted by molar-refractivity contribution is 0.0680. The first-order valence-corrected chi connectivity index (χ1v) is 15.1. The molecule has 32 heavy (non-hydrogen) atoms. The highest BCUT2D eigenvalue weighted by molar-refractivity contribution is 6.74. The highest BCUT2D eigenvalue weighted by Crippen LogP contribution is 2.37. The first kappa shape index (κ1) is 26.4. The van der Waals surface area contributed by atoms with E-state index in [4.69, 9.17) is 4.43 Å². The zero-order valence-corrected chi connectivity index (χ0v) is 22.4. The van der Waals surface area contributed by atoms with Crippen LogP contribution in [0.4, 0.5) is 0 Å². The van der Waals surface area contributed by atoms with Gasteiger partial charge in [-0.2, -0.15) is 0 Å². The fraction of sp³-hybridized carbons (Fsp3) is 0.517. The zero-order valence-electron chi connectivity index (χ0n) is 21.4. The molecule has 0 aliphatic rings. The van der Waals surface area contributed by atoms with Gasteiger partial charge in [-0.05, 0) is 80.1 Å². The van der Waals surface area contributed by atoms with E-state index in [-0.39, 0.29) is 5.04 Å². The first-order chi connectivity index (χ1) is 14.9. The molecule has 0 saturated heterocycles. The minimum absolute atomic E-state index is 0.189. The Morgan fingerprint density at radius 1 is 0.812 bits per heavy atom. The van der Waals surface area contributed by atoms with E-state index in [0.717, 1.165) is 25.0 Å². The summed E-state index contributed by atoms with van der Waals surface area (Å²) in [6.45, 7) is 15.2. The van der Waals surface area contributed by atoms with Crippen molar-refractivity contribution < 1.29 is 9.53 Å². The molecular formula is C29H44O2Si. The van der Waals surface area contributed by atoms with Gasteiger partial charge < -0.3 is 9.53 Å². The van der Waals surface area contributed by atoms with Crippen molar-refractivity contribution in [3.63, 3.8) is 0 Å². The summed E-state index contributed by atoms with van der Waals surface area (Å²) in [5.41, 5.74) is 3.26. The molecule has 0 fully saturated rings. The second-order valence-electron chi connectivity index (χ2n) is 11.2. The quantitative estimate of drug-likeness (QED) is 0.210. The minimum Gasteiger partial charge on any atom is -0.543 e. The normalized spacial score (nSPS) is 13.0. The van der Waals surface area contributed by atoms with Crippen LogP contribution in [0.2, 0.25) is 18.1 Å². The van der Waals surface area contributed by atoms with Crippen LogP contribution in [-0.2, 0) is 6.42 Å². The Labute approximate surface area is 197 Å². The predicted octanol–water partition coefficient (Wildman–Crippen LogP) is 8.50. The Kier molecular flexibility index (Phi) is 9.36. The number of aryl methyl sites for hydroxylation is 1. The molecule has 0 aliphatic carbocycles. The molecule has 176 valence electrons. The molecule has 2 nitrogen and oxygen atoms in total. The van der Waals surface area contributed by atoms with E-state index >= 15 is 0 Å². The van der Waals surface area contributed by atoms with Gasteiger partial charge in [-0.3, -0.25) is 0 Å². The van der Waals surface area contributed by atoms with Crippen molar-refractivity contribution in [1.29, 1.82) is 0 Å². The third-order valence-electron chi connectivity index (χ3n) is 6.46. The number of unbranched alkanes of at least 4 members (excludes halogenated alkanes) is 3. The van der Waals surface area contributed by atoms with Crippen LogP contribution < -0.4 is 4.43 Å². The SMILES string of the molecule is CC(C)(O)CCCCCCc1cccc(/C=C/c2cccc(O[Si](C)(C)C(C)(C)C)c2)c1. The molecule has 0 aliphatic heterocycles. The van der Waals surface area contributed by atoms with Crippen LogP contribution in [0.25, 0.3) is 12.2 Å². The maximum absolute atomic E-state index is 9.80. The molecule has 0 heterocycles. The Bertz CT molecular complexity index is 869. The summed E-state index contributed by atoms with van der Waals surface area (Å²) < 4.78 is 6.46. The smallest absolute Gasteiger partial charge is 0.250 e. The van der Waals surface area contributed by atoms with Crippen molar-refractivity contribution in [1.82, 2.24) is 0 Å². The summed E-state index contributed by atoms with van der Waals surface area (Å²) in [5, 5.41) is 9.99. The van der Waals surface area contributed by atoms with Crippen molar-refractivity contribution in [2.45, 2.75) is 96.9 Å². The highest BCUT2D eigenvalue weighted by atomic mass is 28.4. The molecular weight excluding hydrogens is 408 g/mol. The summed E-state index contributed by atoms with van der Waals surface area (Å²) >= 11 is 0. The predicted molar refractivity (Wildman–Crippen MR) is 143 cm³/mol. The topological polar surface area (TPSA) is 29.5 Å². The minimum atomic E-state index is -1.83. The van der Waals surface area contributed by atoms with Crippen LogP contribution in [0.5, 0.6) is 5.75 Å². The van der Waals surface area contributed by atoms with Crippen LogP contribution >= 0.6 is 0 Å². The van der Waals surface area contributed by atoms with E-state index in [0.29, 0.717) is 0 Å². The van der Waals surface area contributed by atoms with Crippen molar-refractivity contribution in [2.75, 3.05) is 0 Å². The Morgan fingerprint density at radius 3 is 2.03 bits per heavy atom. The molecule has 2 aromatic carbocycles. The van der Waals surface area contributed by atoms with Crippen molar-refractivity contribution in [2.24, 2.45) is 0 Å². The van der Waals surface area contributed by atoms with Gasteiger partial charge in [-0.25, -0.2) is 0 Å². The van der Waals surface area contributed by atoms with Gasteiger partial charge >= 0.3 is 0 Å². The number of rotatable bonds is 11. The summed E-state index contributed by atoms with van der Waals surface area (Å²) in [7, 11) is -1.83. The molecule has 0 unspecified atom stereocenters. The monoisotopic (exact) mass is 452 g/mol. The van der Waals surface area contributed by atoms with Gasteiger partial charge in [0.1, 0.15) is 5.75 Å². The molecule has 2 rings (SSSR count). The maximum atomic E-state index is 9.80. The van der Waals surface area contributed by atoms with E-state index < -0.39 is 13.9 Å². The van der Waals surface area contributed by atoms with Gasteiger partial charge in [-0.15, -0.1) is 0 Å². The summed E-state index contributed by atoms with van der Waals surface area (Å²) in [4.78, 5) is 0. The third kappa shape index (κ3) is 9.34. The number of hydrogen-bond donors (Lipinski definition) is 1. The standard InChI is InChI=1S/C29H44O2Si/c1-28(2,3)32(6,7)31-27-18-13-17-26(23-27)20-19-25-16-12-15-24(22-25)14-10-8-9-11-21-29(4,5)30/h12-13,15-20,22-23,30H,8-11,14,21H2,1-7H3/b20-19+. The van der Waals surface area contributed by atoms with Crippen LogP contribution in [-0.4, -0.2) is 19.0 Å². The lowest BCUT2D eigenvalue weighted by atomic mass is 9.99. The molecule has 0 bridgehead atoms. The van der Waals surface area contributed by atoms with Gasteiger partial charge in [0.2, 0.25) is 8.32 Å².